The molecule has 1 N–H and O–H groups in total. The Morgan fingerprint density at radius 1 is 1.17 bits per heavy atom. The number of nitrogens with one attached hydrogen (secondary N) is 1. The highest BCUT2D eigenvalue weighted by Crippen LogP contribution is 2.11. The van der Waals surface area contributed by atoms with Crippen LogP contribution in [0.1, 0.15) is 27.3 Å². The number of carbonyl (C=O) groups is 1. The van der Waals surface area contributed by atoms with Crippen molar-refractivity contribution in [2.24, 2.45) is 0 Å². The van der Waals surface area contributed by atoms with Crippen LogP contribution in [0, 0.1) is 13.8 Å². The van der Waals surface area contributed by atoms with Crippen LogP contribution in [0.25, 0.3) is 5.82 Å². The molecule has 0 atom stereocenters. The molecule has 3 aromatic rings. The van der Waals surface area contributed by atoms with Gasteiger partial charge in [-0.25, -0.2) is 9.67 Å². The van der Waals surface area contributed by atoms with Crippen LogP contribution in [0.15, 0.2) is 48.9 Å². The Kier molecular flexibility index (Phi) is 4.14. The maximum Gasteiger partial charge on any atom is 0.253 e. The van der Waals surface area contributed by atoms with Crippen molar-refractivity contribution in [3.05, 3.63) is 71.4 Å². The first-order valence-electron chi connectivity index (χ1n) is 7.31. The summed E-state index contributed by atoms with van der Waals surface area (Å²) in [4.78, 5) is 21.0. The fraction of sp³-hybridized carbons (Fsp3) is 0.176. The number of hydrogen-bond acceptors (Lipinski definition) is 4. The molecular formula is C17H17N5O. The van der Waals surface area contributed by atoms with Crippen molar-refractivity contribution in [3.8, 4) is 5.82 Å². The molecule has 0 spiro atoms. The smallest absolute Gasteiger partial charge is 0.253 e. The number of amides is 1. The summed E-state index contributed by atoms with van der Waals surface area (Å²) in [5.41, 5.74) is 3.09. The van der Waals surface area contributed by atoms with Crippen LogP contribution in [-0.4, -0.2) is 25.7 Å². The summed E-state index contributed by atoms with van der Waals surface area (Å²) in [7, 11) is 0. The van der Waals surface area contributed by atoms with E-state index in [1.807, 2.05) is 44.3 Å². The summed E-state index contributed by atoms with van der Waals surface area (Å²) in [6.07, 6.45) is 5.22. The highest BCUT2D eigenvalue weighted by atomic mass is 16.1. The van der Waals surface area contributed by atoms with Gasteiger partial charge in [-0.3, -0.25) is 9.78 Å². The first kappa shape index (κ1) is 14.9. The van der Waals surface area contributed by atoms with Gasteiger partial charge in [-0.1, -0.05) is 6.07 Å². The molecule has 0 radical (unpaired) electrons. The Balaban J connectivity index is 1.77. The van der Waals surface area contributed by atoms with Gasteiger partial charge in [0, 0.05) is 36.4 Å². The van der Waals surface area contributed by atoms with Gasteiger partial charge in [0.05, 0.1) is 11.3 Å². The summed E-state index contributed by atoms with van der Waals surface area (Å²) in [6.45, 7) is 4.11. The first-order valence-corrected chi connectivity index (χ1v) is 7.31. The van der Waals surface area contributed by atoms with E-state index in [4.69, 9.17) is 0 Å². The number of aromatic nitrogens is 4. The fourth-order valence-electron chi connectivity index (χ4n) is 2.37. The van der Waals surface area contributed by atoms with Crippen molar-refractivity contribution in [2.45, 2.75) is 20.4 Å². The quantitative estimate of drug-likeness (QED) is 0.802. The van der Waals surface area contributed by atoms with Gasteiger partial charge < -0.3 is 5.32 Å². The topological polar surface area (TPSA) is 72.7 Å². The van der Waals surface area contributed by atoms with E-state index in [2.05, 4.69) is 20.4 Å². The maximum absolute atomic E-state index is 12.4. The summed E-state index contributed by atoms with van der Waals surface area (Å²) in [6, 6.07) is 9.22. The number of hydrogen-bond donors (Lipinski definition) is 1. The Hall–Kier alpha value is -3.02. The van der Waals surface area contributed by atoms with Gasteiger partial charge in [0.1, 0.15) is 0 Å². The average Bonchev–Trinajstić information content (AvgIpc) is 3.07. The molecule has 0 aliphatic heterocycles. The highest BCUT2D eigenvalue weighted by Gasteiger charge is 2.12. The van der Waals surface area contributed by atoms with Crippen LogP contribution in [0.5, 0.6) is 0 Å². The molecule has 6 heteroatoms. The van der Waals surface area contributed by atoms with Crippen molar-refractivity contribution >= 4 is 5.91 Å². The number of carbonyl (C=O) groups excluding carboxylic acids is 1. The summed E-state index contributed by atoms with van der Waals surface area (Å²) >= 11 is 0. The van der Waals surface area contributed by atoms with Crippen LogP contribution >= 0.6 is 0 Å². The lowest BCUT2D eigenvalue weighted by molar-refractivity contribution is 0.0950. The third-order valence-corrected chi connectivity index (χ3v) is 3.50. The maximum atomic E-state index is 12.4. The summed E-state index contributed by atoms with van der Waals surface area (Å²) in [5.74, 6) is 0.557. The number of rotatable bonds is 4. The number of pyridine rings is 2. The van der Waals surface area contributed by atoms with Crippen molar-refractivity contribution in [2.75, 3.05) is 0 Å². The van der Waals surface area contributed by atoms with E-state index in [9.17, 15) is 4.79 Å². The van der Waals surface area contributed by atoms with E-state index in [0.29, 0.717) is 17.9 Å². The lowest BCUT2D eigenvalue weighted by atomic mass is 10.1. The molecule has 116 valence electrons. The average molecular weight is 307 g/mol. The minimum absolute atomic E-state index is 0.148. The van der Waals surface area contributed by atoms with Gasteiger partial charge >= 0.3 is 0 Å². The van der Waals surface area contributed by atoms with E-state index in [1.165, 1.54) is 0 Å². The van der Waals surface area contributed by atoms with E-state index in [0.717, 1.165) is 17.0 Å². The molecule has 0 fully saturated rings. The second-order valence-electron chi connectivity index (χ2n) is 5.21. The van der Waals surface area contributed by atoms with Crippen molar-refractivity contribution < 1.29 is 4.79 Å². The molecule has 0 aliphatic rings. The summed E-state index contributed by atoms with van der Waals surface area (Å²) < 4.78 is 1.68. The van der Waals surface area contributed by atoms with E-state index in [-0.39, 0.29) is 5.91 Å². The zero-order valence-electron chi connectivity index (χ0n) is 13.0. The van der Waals surface area contributed by atoms with Crippen molar-refractivity contribution in [1.29, 1.82) is 0 Å². The first-order chi connectivity index (χ1) is 11.1. The van der Waals surface area contributed by atoms with Gasteiger partial charge in [-0.15, -0.1) is 0 Å². The fourth-order valence-corrected chi connectivity index (χ4v) is 2.37. The Morgan fingerprint density at radius 3 is 2.78 bits per heavy atom. The predicted molar refractivity (Wildman–Crippen MR) is 86.2 cm³/mol. The molecule has 0 saturated heterocycles. The SMILES string of the molecule is Cc1ccc(C(=O)NCc2cccnc2-n2cccn2)c(C)n1. The van der Waals surface area contributed by atoms with Crippen LogP contribution in [0.3, 0.4) is 0 Å². The molecule has 0 aromatic carbocycles. The largest absolute Gasteiger partial charge is 0.348 e. The van der Waals surface area contributed by atoms with E-state index in [1.54, 1.807) is 23.1 Å². The molecule has 0 saturated carbocycles. The number of nitrogens with zero attached hydrogens (tertiary/aromatic N) is 4. The van der Waals surface area contributed by atoms with Gasteiger partial charge in [-0.2, -0.15) is 5.10 Å². The second kappa shape index (κ2) is 6.39. The molecule has 23 heavy (non-hydrogen) atoms. The molecule has 3 heterocycles. The molecule has 3 rings (SSSR count). The molecular weight excluding hydrogens is 290 g/mol. The lowest BCUT2D eigenvalue weighted by Crippen LogP contribution is -2.25. The summed E-state index contributed by atoms with van der Waals surface area (Å²) in [5, 5.41) is 7.11. The Morgan fingerprint density at radius 2 is 2.04 bits per heavy atom. The number of aryl methyl sites for hydroxylation is 2. The lowest BCUT2D eigenvalue weighted by Gasteiger charge is -2.11. The predicted octanol–water partition coefficient (Wildman–Crippen LogP) is 2.21. The minimum atomic E-state index is -0.148. The zero-order chi connectivity index (χ0) is 16.2. The molecule has 1 amide bonds. The Bertz CT molecular complexity index is 827. The van der Waals surface area contributed by atoms with E-state index >= 15 is 0 Å². The van der Waals surface area contributed by atoms with Gasteiger partial charge in [0.15, 0.2) is 5.82 Å². The van der Waals surface area contributed by atoms with Crippen molar-refractivity contribution in [1.82, 2.24) is 25.1 Å². The molecule has 0 aliphatic carbocycles. The van der Waals surface area contributed by atoms with Crippen molar-refractivity contribution in [3.63, 3.8) is 0 Å². The molecule has 6 nitrogen and oxygen atoms in total. The standard InChI is InChI=1S/C17H17N5O/c1-12-6-7-15(13(2)21-12)17(23)19-11-14-5-3-8-18-16(14)22-10-4-9-20-22/h3-10H,11H2,1-2H3,(H,19,23). The monoisotopic (exact) mass is 307 g/mol. The van der Waals surface area contributed by atoms with Gasteiger partial charge in [0.2, 0.25) is 0 Å². The van der Waals surface area contributed by atoms with Crippen LogP contribution in [0.2, 0.25) is 0 Å². The zero-order valence-corrected chi connectivity index (χ0v) is 13.0. The normalized spacial score (nSPS) is 10.5. The van der Waals surface area contributed by atoms with Crippen LogP contribution < -0.4 is 5.32 Å². The Labute approximate surface area is 134 Å². The highest BCUT2D eigenvalue weighted by molar-refractivity contribution is 5.95. The minimum Gasteiger partial charge on any atom is -0.348 e. The van der Waals surface area contributed by atoms with Crippen LogP contribution in [-0.2, 0) is 6.54 Å². The van der Waals surface area contributed by atoms with Crippen LogP contribution in [0.4, 0.5) is 0 Å². The third kappa shape index (κ3) is 3.26. The van der Waals surface area contributed by atoms with E-state index < -0.39 is 0 Å². The molecule has 0 bridgehead atoms. The molecule has 0 unspecified atom stereocenters. The van der Waals surface area contributed by atoms with Gasteiger partial charge in [-0.05, 0) is 38.1 Å². The second-order valence-corrected chi connectivity index (χ2v) is 5.21. The molecule has 3 aromatic heterocycles. The third-order valence-electron chi connectivity index (χ3n) is 3.50. The van der Waals surface area contributed by atoms with Gasteiger partial charge in [0.25, 0.3) is 5.91 Å².